The summed E-state index contributed by atoms with van der Waals surface area (Å²) < 4.78 is 2.02. The fourth-order valence-corrected chi connectivity index (χ4v) is 3.01. The Balaban J connectivity index is 1.68. The SMILES string of the molecule is O=C(Cc1ccn(C2CCCC2)n1)c1cscn1. The maximum absolute atomic E-state index is 11.9. The summed E-state index contributed by atoms with van der Waals surface area (Å²) in [6.45, 7) is 0. The molecule has 0 unspecified atom stereocenters. The number of carbonyl (C=O) groups is 1. The summed E-state index contributed by atoms with van der Waals surface area (Å²) in [6.07, 6.45) is 7.35. The fraction of sp³-hybridized carbons (Fsp3) is 0.462. The molecule has 2 heterocycles. The summed E-state index contributed by atoms with van der Waals surface area (Å²) in [6, 6.07) is 2.48. The largest absolute Gasteiger partial charge is 0.292 e. The van der Waals surface area contributed by atoms with Crippen LogP contribution in [0.4, 0.5) is 0 Å². The van der Waals surface area contributed by atoms with Crippen LogP contribution in [0.25, 0.3) is 0 Å². The molecule has 1 saturated carbocycles. The molecule has 18 heavy (non-hydrogen) atoms. The lowest BCUT2D eigenvalue weighted by Gasteiger charge is -2.08. The van der Waals surface area contributed by atoms with Crippen molar-refractivity contribution in [1.82, 2.24) is 14.8 Å². The molecule has 1 fully saturated rings. The van der Waals surface area contributed by atoms with Crippen LogP contribution in [0, 0.1) is 0 Å². The van der Waals surface area contributed by atoms with Gasteiger partial charge in [0.25, 0.3) is 0 Å². The van der Waals surface area contributed by atoms with Crippen molar-refractivity contribution in [2.75, 3.05) is 0 Å². The number of nitrogens with zero attached hydrogens (tertiary/aromatic N) is 3. The highest BCUT2D eigenvalue weighted by Gasteiger charge is 2.18. The minimum atomic E-state index is 0.0490. The molecule has 3 rings (SSSR count). The molecule has 2 aromatic heterocycles. The van der Waals surface area contributed by atoms with Crippen molar-refractivity contribution in [3.05, 3.63) is 34.5 Å². The molecule has 0 aliphatic heterocycles. The molecule has 0 N–H and O–H groups in total. The smallest absolute Gasteiger partial charge is 0.188 e. The molecular weight excluding hydrogens is 246 g/mol. The van der Waals surface area contributed by atoms with Crippen LogP contribution in [-0.2, 0) is 6.42 Å². The zero-order valence-electron chi connectivity index (χ0n) is 10.1. The highest BCUT2D eigenvalue weighted by Crippen LogP contribution is 2.28. The van der Waals surface area contributed by atoms with Crippen LogP contribution < -0.4 is 0 Å². The van der Waals surface area contributed by atoms with Crippen molar-refractivity contribution in [2.45, 2.75) is 38.1 Å². The highest BCUT2D eigenvalue weighted by atomic mass is 32.1. The second kappa shape index (κ2) is 5.02. The van der Waals surface area contributed by atoms with E-state index in [0.717, 1.165) is 5.69 Å². The number of hydrogen-bond donors (Lipinski definition) is 0. The van der Waals surface area contributed by atoms with Gasteiger partial charge in [0, 0.05) is 11.6 Å². The number of carbonyl (C=O) groups excluding carboxylic acids is 1. The van der Waals surface area contributed by atoms with Gasteiger partial charge < -0.3 is 0 Å². The maximum atomic E-state index is 11.9. The highest BCUT2D eigenvalue weighted by molar-refractivity contribution is 7.07. The van der Waals surface area contributed by atoms with E-state index in [4.69, 9.17) is 0 Å². The quantitative estimate of drug-likeness (QED) is 0.795. The van der Waals surface area contributed by atoms with Gasteiger partial charge in [-0.2, -0.15) is 5.10 Å². The van der Waals surface area contributed by atoms with Gasteiger partial charge in [0.05, 0.1) is 23.7 Å². The van der Waals surface area contributed by atoms with E-state index in [9.17, 15) is 4.79 Å². The van der Waals surface area contributed by atoms with E-state index in [2.05, 4.69) is 10.1 Å². The average Bonchev–Trinajstić information content (AvgIpc) is 3.12. The van der Waals surface area contributed by atoms with Crippen LogP contribution in [0.5, 0.6) is 0 Å². The second-order valence-corrected chi connectivity index (χ2v) is 5.42. The zero-order valence-corrected chi connectivity index (χ0v) is 10.9. The Labute approximate surface area is 110 Å². The Hall–Kier alpha value is -1.49. The summed E-state index contributed by atoms with van der Waals surface area (Å²) in [5.74, 6) is 0.0490. The van der Waals surface area contributed by atoms with Gasteiger partial charge in [-0.3, -0.25) is 9.48 Å². The second-order valence-electron chi connectivity index (χ2n) is 4.70. The number of aromatic nitrogens is 3. The molecular formula is C13H15N3OS. The zero-order chi connectivity index (χ0) is 12.4. The first-order chi connectivity index (χ1) is 8.83. The molecule has 0 atom stereocenters. The molecule has 0 radical (unpaired) electrons. The third-order valence-corrected chi connectivity index (χ3v) is 4.01. The predicted molar refractivity (Wildman–Crippen MR) is 69.9 cm³/mol. The third-order valence-electron chi connectivity index (χ3n) is 3.42. The molecule has 2 aromatic rings. The number of ketones is 1. The topological polar surface area (TPSA) is 47.8 Å². The van der Waals surface area contributed by atoms with Crippen LogP contribution in [0.2, 0.25) is 0 Å². The molecule has 94 valence electrons. The molecule has 0 spiro atoms. The molecule has 0 aromatic carbocycles. The van der Waals surface area contributed by atoms with E-state index >= 15 is 0 Å². The van der Waals surface area contributed by atoms with Crippen LogP contribution in [0.3, 0.4) is 0 Å². The van der Waals surface area contributed by atoms with Gasteiger partial charge in [0.1, 0.15) is 5.69 Å². The maximum Gasteiger partial charge on any atom is 0.188 e. The molecule has 1 aliphatic carbocycles. The molecule has 4 nitrogen and oxygen atoms in total. The van der Waals surface area contributed by atoms with Gasteiger partial charge in [-0.05, 0) is 18.9 Å². The van der Waals surface area contributed by atoms with Gasteiger partial charge in [0.2, 0.25) is 0 Å². The van der Waals surface area contributed by atoms with Gasteiger partial charge in [-0.25, -0.2) is 4.98 Å². The Morgan fingerprint density at radius 3 is 3.00 bits per heavy atom. The summed E-state index contributed by atoms with van der Waals surface area (Å²) in [4.78, 5) is 15.9. The van der Waals surface area contributed by atoms with Crippen molar-refractivity contribution in [3.63, 3.8) is 0 Å². The minimum Gasteiger partial charge on any atom is -0.292 e. The van der Waals surface area contributed by atoms with Crippen molar-refractivity contribution in [1.29, 1.82) is 0 Å². The lowest BCUT2D eigenvalue weighted by Crippen LogP contribution is -2.08. The van der Waals surface area contributed by atoms with Crippen molar-refractivity contribution in [3.8, 4) is 0 Å². The predicted octanol–water partition coefficient (Wildman–Crippen LogP) is 2.88. The number of thiazole rings is 1. The minimum absolute atomic E-state index is 0.0490. The molecule has 0 bridgehead atoms. The number of rotatable bonds is 4. The van der Waals surface area contributed by atoms with E-state index < -0.39 is 0 Å². The third kappa shape index (κ3) is 2.36. The summed E-state index contributed by atoms with van der Waals surface area (Å²) in [5.41, 5.74) is 3.08. The first-order valence-electron chi connectivity index (χ1n) is 6.28. The lowest BCUT2D eigenvalue weighted by molar-refractivity contribution is 0.0987. The van der Waals surface area contributed by atoms with Crippen molar-refractivity contribution in [2.24, 2.45) is 0 Å². The summed E-state index contributed by atoms with van der Waals surface area (Å²) >= 11 is 1.45. The average molecular weight is 261 g/mol. The van der Waals surface area contributed by atoms with Crippen LogP contribution >= 0.6 is 11.3 Å². The van der Waals surface area contributed by atoms with E-state index in [-0.39, 0.29) is 5.78 Å². The van der Waals surface area contributed by atoms with E-state index in [1.165, 1.54) is 37.0 Å². The summed E-state index contributed by atoms with van der Waals surface area (Å²) in [5, 5.41) is 6.30. The normalized spacial score (nSPS) is 16.2. The van der Waals surface area contributed by atoms with Crippen molar-refractivity contribution < 1.29 is 4.79 Å². The molecule has 0 amide bonds. The Morgan fingerprint density at radius 1 is 1.44 bits per heavy atom. The first kappa shape index (κ1) is 11.6. The first-order valence-corrected chi connectivity index (χ1v) is 7.22. The van der Waals surface area contributed by atoms with Gasteiger partial charge in [-0.1, -0.05) is 12.8 Å². The Kier molecular flexibility index (Phi) is 3.23. The van der Waals surface area contributed by atoms with E-state index in [1.54, 1.807) is 10.9 Å². The van der Waals surface area contributed by atoms with Gasteiger partial charge in [0.15, 0.2) is 5.78 Å². The van der Waals surface area contributed by atoms with Gasteiger partial charge >= 0.3 is 0 Å². The van der Waals surface area contributed by atoms with Gasteiger partial charge in [-0.15, -0.1) is 11.3 Å². The monoisotopic (exact) mass is 261 g/mol. The van der Waals surface area contributed by atoms with Crippen molar-refractivity contribution >= 4 is 17.1 Å². The number of Topliss-reactive ketones (excluding diaryl/α,β-unsaturated/α-hetero) is 1. The Morgan fingerprint density at radius 2 is 2.28 bits per heavy atom. The van der Waals surface area contributed by atoms with E-state index in [1.807, 2.05) is 16.9 Å². The number of hydrogen-bond acceptors (Lipinski definition) is 4. The lowest BCUT2D eigenvalue weighted by atomic mass is 10.2. The van der Waals surface area contributed by atoms with E-state index in [0.29, 0.717) is 18.2 Å². The fourth-order valence-electron chi connectivity index (χ4n) is 2.45. The van der Waals surface area contributed by atoms with Crippen LogP contribution in [0.15, 0.2) is 23.2 Å². The Bertz CT molecular complexity index is 526. The molecule has 1 aliphatic rings. The molecule has 5 heteroatoms. The van der Waals surface area contributed by atoms with Crippen LogP contribution in [0.1, 0.15) is 47.9 Å². The summed E-state index contributed by atoms with van der Waals surface area (Å²) in [7, 11) is 0. The van der Waals surface area contributed by atoms with Crippen LogP contribution in [-0.4, -0.2) is 20.5 Å². The standard InChI is InChI=1S/C13H15N3OS/c17-13(12-8-18-9-14-12)7-10-5-6-16(15-10)11-3-1-2-4-11/h5-6,8-9,11H,1-4,7H2. The molecule has 0 saturated heterocycles.